The summed E-state index contributed by atoms with van der Waals surface area (Å²) in [6, 6.07) is 24.3. The molecule has 3 aliphatic rings. The van der Waals surface area contributed by atoms with Crippen molar-refractivity contribution >= 4 is 35.9 Å². The van der Waals surface area contributed by atoms with Gasteiger partial charge in [-0.15, -0.1) is 12.4 Å². The van der Waals surface area contributed by atoms with E-state index in [0.29, 0.717) is 35.6 Å². The lowest BCUT2D eigenvalue weighted by Crippen LogP contribution is -2.34. The topological polar surface area (TPSA) is 66.9 Å². The van der Waals surface area contributed by atoms with E-state index in [1.54, 1.807) is 48.5 Å². The Morgan fingerprint density at radius 2 is 1.47 bits per heavy atom. The molecule has 2 fully saturated rings. The van der Waals surface area contributed by atoms with Crippen LogP contribution >= 0.6 is 12.4 Å². The molecule has 3 atom stereocenters. The Bertz CT molecular complexity index is 1280. The van der Waals surface area contributed by atoms with Crippen LogP contribution in [0, 0.1) is 11.8 Å². The highest BCUT2D eigenvalue weighted by atomic mass is 35.5. The SMILES string of the molecule is Cl.O=C(OCC1C2CCC1N(Cc1ccccc1)C2)c1ccccc1N1C(=O)c2ccccc2C1=O. The molecule has 36 heavy (non-hydrogen) atoms. The van der Waals surface area contributed by atoms with Crippen LogP contribution in [-0.2, 0) is 11.3 Å². The Kier molecular flexibility index (Phi) is 6.65. The number of hydrogen-bond donors (Lipinski definition) is 0. The first kappa shape index (κ1) is 24.2. The molecule has 3 unspecified atom stereocenters. The molecule has 1 saturated carbocycles. The second-order valence-electron chi connectivity index (χ2n) is 9.59. The van der Waals surface area contributed by atoms with Crippen molar-refractivity contribution in [3.63, 3.8) is 0 Å². The Morgan fingerprint density at radius 1 is 0.833 bits per heavy atom. The lowest BCUT2D eigenvalue weighted by Gasteiger charge is -2.27. The van der Waals surface area contributed by atoms with Crippen molar-refractivity contribution in [2.45, 2.75) is 25.4 Å². The number of benzene rings is 3. The van der Waals surface area contributed by atoms with E-state index in [1.165, 1.54) is 5.56 Å². The third kappa shape index (κ3) is 4.10. The number of imide groups is 1. The fourth-order valence-electron chi connectivity index (χ4n) is 5.99. The maximum absolute atomic E-state index is 13.2. The Balaban J connectivity index is 0.00000267. The van der Waals surface area contributed by atoms with Crippen LogP contribution in [0.5, 0.6) is 0 Å². The van der Waals surface area contributed by atoms with E-state index in [9.17, 15) is 14.4 Å². The van der Waals surface area contributed by atoms with Crippen LogP contribution in [0.4, 0.5) is 5.69 Å². The number of rotatable bonds is 6. The lowest BCUT2D eigenvalue weighted by atomic mass is 9.99. The zero-order chi connectivity index (χ0) is 23.9. The molecule has 0 radical (unpaired) electrons. The number of amides is 2. The summed E-state index contributed by atoms with van der Waals surface area (Å²) in [6.07, 6.45) is 2.27. The van der Waals surface area contributed by atoms with Crippen molar-refractivity contribution in [2.24, 2.45) is 11.8 Å². The molecule has 7 heteroatoms. The molecule has 0 spiro atoms. The molecule has 3 aromatic rings. The van der Waals surface area contributed by atoms with Crippen LogP contribution in [0.25, 0.3) is 0 Å². The molecule has 1 aliphatic carbocycles. The van der Waals surface area contributed by atoms with E-state index >= 15 is 0 Å². The average molecular weight is 503 g/mol. The van der Waals surface area contributed by atoms with Crippen molar-refractivity contribution in [3.05, 3.63) is 101 Å². The number of fused-ring (bicyclic) bond motifs is 3. The first-order chi connectivity index (χ1) is 17.1. The molecule has 6 rings (SSSR count). The number of carbonyl (C=O) groups is 3. The summed E-state index contributed by atoms with van der Waals surface area (Å²) in [5.74, 6) is -0.525. The fourth-order valence-corrected chi connectivity index (χ4v) is 5.99. The van der Waals surface area contributed by atoms with Gasteiger partial charge in [0, 0.05) is 25.0 Å². The summed E-state index contributed by atoms with van der Waals surface area (Å²) in [5.41, 5.74) is 2.49. The highest BCUT2D eigenvalue weighted by Crippen LogP contribution is 2.43. The first-order valence-electron chi connectivity index (χ1n) is 12.1. The van der Waals surface area contributed by atoms with Crippen molar-refractivity contribution in [2.75, 3.05) is 18.1 Å². The summed E-state index contributed by atoms with van der Waals surface area (Å²) in [4.78, 5) is 42.7. The smallest absolute Gasteiger partial charge is 0.340 e. The maximum atomic E-state index is 13.2. The minimum Gasteiger partial charge on any atom is -0.462 e. The monoisotopic (exact) mass is 502 g/mol. The molecule has 2 heterocycles. The predicted octanol–water partition coefficient (Wildman–Crippen LogP) is 4.98. The number of halogens is 1. The van der Waals surface area contributed by atoms with Gasteiger partial charge in [-0.25, -0.2) is 9.69 Å². The average Bonchev–Trinajstić information content (AvgIpc) is 3.52. The van der Waals surface area contributed by atoms with Gasteiger partial charge < -0.3 is 4.74 Å². The zero-order valence-electron chi connectivity index (χ0n) is 19.7. The molecule has 2 bridgehead atoms. The van der Waals surface area contributed by atoms with Gasteiger partial charge in [-0.05, 0) is 48.6 Å². The van der Waals surface area contributed by atoms with Gasteiger partial charge in [-0.2, -0.15) is 0 Å². The van der Waals surface area contributed by atoms with Gasteiger partial charge >= 0.3 is 5.97 Å². The predicted molar refractivity (Wildman–Crippen MR) is 138 cm³/mol. The van der Waals surface area contributed by atoms with Crippen molar-refractivity contribution in [3.8, 4) is 0 Å². The summed E-state index contributed by atoms with van der Waals surface area (Å²) >= 11 is 0. The van der Waals surface area contributed by atoms with Crippen LogP contribution in [0.1, 0.15) is 49.5 Å². The molecular weight excluding hydrogens is 476 g/mol. The second kappa shape index (κ2) is 9.88. The van der Waals surface area contributed by atoms with Crippen LogP contribution in [-0.4, -0.2) is 41.9 Å². The van der Waals surface area contributed by atoms with Crippen LogP contribution < -0.4 is 4.90 Å². The second-order valence-corrected chi connectivity index (χ2v) is 9.59. The van der Waals surface area contributed by atoms with E-state index in [-0.39, 0.29) is 23.7 Å². The first-order valence-corrected chi connectivity index (χ1v) is 12.1. The number of likely N-dealkylation sites (tertiary alicyclic amines) is 1. The van der Waals surface area contributed by atoms with E-state index in [0.717, 1.165) is 30.8 Å². The van der Waals surface area contributed by atoms with Crippen molar-refractivity contribution < 1.29 is 19.1 Å². The van der Waals surface area contributed by atoms with Gasteiger partial charge in [0.25, 0.3) is 11.8 Å². The number of esters is 1. The molecule has 0 N–H and O–H groups in total. The molecule has 2 aliphatic heterocycles. The van der Waals surface area contributed by atoms with Crippen LogP contribution in [0.3, 0.4) is 0 Å². The number of nitrogens with zero attached hydrogens (tertiary/aromatic N) is 2. The number of carbonyl (C=O) groups excluding carboxylic acids is 3. The van der Waals surface area contributed by atoms with Crippen molar-refractivity contribution in [1.29, 1.82) is 0 Å². The molecule has 6 nitrogen and oxygen atoms in total. The van der Waals surface area contributed by atoms with Gasteiger partial charge in [0.05, 0.1) is 29.0 Å². The van der Waals surface area contributed by atoms with Gasteiger partial charge in [0.1, 0.15) is 0 Å². The van der Waals surface area contributed by atoms with Crippen molar-refractivity contribution in [1.82, 2.24) is 4.90 Å². The maximum Gasteiger partial charge on any atom is 0.340 e. The Morgan fingerprint density at radius 3 is 2.19 bits per heavy atom. The van der Waals surface area contributed by atoms with Gasteiger partial charge in [-0.1, -0.05) is 54.6 Å². The highest BCUT2D eigenvalue weighted by molar-refractivity contribution is 6.35. The minimum atomic E-state index is -0.502. The van der Waals surface area contributed by atoms with E-state index in [2.05, 4.69) is 29.2 Å². The number of hydrogen-bond acceptors (Lipinski definition) is 5. The third-order valence-electron chi connectivity index (χ3n) is 7.67. The molecule has 0 aromatic heterocycles. The van der Waals surface area contributed by atoms with E-state index in [4.69, 9.17) is 4.74 Å². The molecular formula is C29H27ClN2O4. The van der Waals surface area contributed by atoms with Gasteiger partial charge in [-0.3, -0.25) is 14.5 Å². The van der Waals surface area contributed by atoms with E-state index < -0.39 is 17.8 Å². The molecule has 1 saturated heterocycles. The van der Waals surface area contributed by atoms with Gasteiger partial charge in [0.2, 0.25) is 0 Å². The number of ether oxygens (including phenoxy) is 1. The quantitative estimate of drug-likeness (QED) is 0.351. The highest BCUT2D eigenvalue weighted by Gasteiger charge is 2.47. The number of anilines is 1. The summed E-state index contributed by atoms with van der Waals surface area (Å²) in [5, 5.41) is 0. The molecule has 2 amide bonds. The lowest BCUT2D eigenvalue weighted by molar-refractivity contribution is 0.0409. The third-order valence-corrected chi connectivity index (χ3v) is 7.67. The zero-order valence-corrected chi connectivity index (χ0v) is 20.5. The van der Waals surface area contributed by atoms with Gasteiger partial charge in [0.15, 0.2) is 0 Å². The standard InChI is InChI=1S/C29H26N2O4.ClH/c32-27-21-10-4-5-11-22(21)28(33)31(27)26-13-7-6-12-23(26)29(34)35-18-24-20-14-15-25(24)30(17-20)16-19-8-2-1-3-9-19;/h1-13,20,24-25H,14-18H2;1H. The molecule has 3 aromatic carbocycles. The summed E-state index contributed by atoms with van der Waals surface area (Å²) in [7, 11) is 0. The Labute approximate surface area is 216 Å². The normalized spacial score (nSPS) is 22.4. The fraction of sp³-hybridized carbons (Fsp3) is 0.276. The molecule has 184 valence electrons. The van der Waals surface area contributed by atoms with E-state index in [1.807, 2.05) is 6.07 Å². The van der Waals surface area contributed by atoms with Crippen LogP contribution in [0.15, 0.2) is 78.9 Å². The summed E-state index contributed by atoms with van der Waals surface area (Å²) in [6.45, 7) is 2.28. The number of piperidine rings is 1. The summed E-state index contributed by atoms with van der Waals surface area (Å²) < 4.78 is 5.82. The number of para-hydroxylation sites is 1. The van der Waals surface area contributed by atoms with Crippen LogP contribution in [0.2, 0.25) is 0 Å². The largest absolute Gasteiger partial charge is 0.462 e. The minimum absolute atomic E-state index is 0. The Hall–Kier alpha value is -3.48.